The van der Waals surface area contributed by atoms with Gasteiger partial charge in [-0.1, -0.05) is 0 Å². The quantitative estimate of drug-likeness (QED) is 0.865. The first-order valence-electron chi connectivity index (χ1n) is 5.55. The molecule has 6 nitrogen and oxygen atoms in total. The summed E-state index contributed by atoms with van der Waals surface area (Å²) in [6, 6.07) is 3.91. The number of nitrogens with one attached hydrogen (secondary N) is 2. The molecule has 18 heavy (non-hydrogen) atoms. The second-order valence-corrected chi connectivity index (χ2v) is 4.17. The molecular weight excluding hydrogens is 254 g/mol. The van der Waals surface area contributed by atoms with Crippen molar-refractivity contribution in [2.45, 2.75) is 19.4 Å². The van der Waals surface area contributed by atoms with Crippen LogP contribution >= 0.6 is 11.6 Å². The number of rotatable bonds is 5. The zero-order valence-corrected chi connectivity index (χ0v) is 10.9. The molecule has 2 heterocycles. The summed E-state index contributed by atoms with van der Waals surface area (Å²) < 4.78 is 5.28. The maximum atomic E-state index is 5.79. The summed E-state index contributed by atoms with van der Waals surface area (Å²) >= 11 is 5.79. The van der Waals surface area contributed by atoms with Crippen molar-refractivity contribution in [1.29, 1.82) is 0 Å². The third-order valence-corrected chi connectivity index (χ3v) is 2.46. The van der Waals surface area contributed by atoms with E-state index in [1.165, 1.54) is 0 Å². The molecule has 0 aliphatic heterocycles. The smallest absolute Gasteiger partial charge is 0.229 e. The van der Waals surface area contributed by atoms with Crippen LogP contribution in [0.4, 0.5) is 11.9 Å². The van der Waals surface area contributed by atoms with Crippen LogP contribution in [0, 0.1) is 0 Å². The van der Waals surface area contributed by atoms with E-state index in [0.29, 0.717) is 11.9 Å². The number of furan rings is 1. The normalized spacial score (nSPS) is 12.2. The van der Waals surface area contributed by atoms with Crippen LogP contribution in [0.2, 0.25) is 5.28 Å². The van der Waals surface area contributed by atoms with Gasteiger partial charge in [-0.3, -0.25) is 0 Å². The minimum atomic E-state index is 0.124. The van der Waals surface area contributed by atoms with Crippen molar-refractivity contribution in [2.75, 3.05) is 17.7 Å². The van der Waals surface area contributed by atoms with E-state index in [9.17, 15) is 0 Å². The van der Waals surface area contributed by atoms with Crippen molar-refractivity contribution < 1.29 is 4.42 Å². The van der Waals surface area contributed by atoms with Crippen LogP contribution in [-0.2, 0) is 6.42 Å². The third-order valence-electron chi connectivity index (χ3n) is 2.29. The molecule has 96 valence electrons. The van der Waals surface area contributed by atoms with Gasteiger partial charge in [0.15, 0.2) is 0 Å². The number of hydrogen-bond acceptors (Lipinski definition) is 6. The van der Waals surface area contributed by atoms with Gasteiger partial charge in [-0.05, 0) is 30.7 Å². The van der Waals surface area contributed by atoms with Crippen LogP contribution in [0.25, 0.3) is 0 Å². The van der Waals surface area contributed by atoms with Crippen LogP contribution in [0.15, 0.2) is 22.8 Å². The van der Waals surface area contributed by atoms with E-state index in [0.717, 1.165) is 12.2 Å². The highest BCUT2D eigenvalue weighted by Crippen LogP contribution is 2.12. The molecule has 0 aliphatic rings. The van der Waals surface area contributed by atoms with E-state index in [1.54, 1.807) is 13.3 Å². The average molecular weight is 268 g/mol. The molecule has 7 heteroatoms. The van der Waals surface area contributed by atoms with E-state index < -0.39 is 0 Å². The lowest BCUT2D eigenvalue weighted by atomic mass is 10.2. The summed E-state index contributed by atoms with van der Waals surface area (Å²) in [5.41, 5.74) is 0. The van der Waals surface area contributed by atoms with Gasteiger partial charge in [-0.2, -0.15) is 15.0 Å². The molecular formula is C11H14ClN5O. The predicted octanol–water partition coefficient (Wildman–Crippen LogP) is 2.20. The van der Waals surface area contributed by atoms with Gasteiger partial charge in [0, 0.05) is 19.5 Å². The maximum Gasteiger partial charge on any atom is 0.229 e. The molecule has 0 bridgehead atoms. The molecule has 2 aromatic heterocycles. The Bertz CT molecular complexity index is 502. The van der Waals surface area contributed by atoms with E-state index in [2.05, 4.69) is 25.6 Å². The van der Waals surface area contributed by atoms with Crippen molar-refractivity contribution in [3.8, 4) is 0 Å². The Balaban J connectivity index is 2.02. The van der Waals surface area contributed by atoms with Crippen LogP contribution in [-0.4, -0.2) is 28.0 Å². The molecule has 2 aromatic rings. The molecule has 0 fully saturated rings. The Morgan fingerprint density at radius 2 is 2.11 bits per heavy atom. The van der Waals surface area contributed by atoms with Crippen LogP contribution < -0.4 is 10.6 Å². The maximum absolute atomic E-state index is 5.79. The Hall–Kier alpha value is -1.82. The number of anilines is 2. The van der Waals surface area contributed by atoms with Crippen molar-refractivity contribution in [3.63, 3.8) is 0 Å². The summed E-state index contributed by atoms with van der Waals surface area (Å²) in [7, 11) is 1.72. The second-order valence-electron chi connectivity index (χ2n) is 3.83. The molecule has 2 N–H and O–H groups in total. The topological polar surface area (TPSA) is 75.9 Å². The van der Waals surface area contributed by atoms with Gasteiger partial charge < -0.3 is 15.1 Å². The third kappa shape index (κ3) is 3.33. The first-order chi connectivity index (χ1) is 8.67. The molecule has 1 unspecified atom stereocenters. The minimum Gasteiger partial charge on any atom is -0.469 e. The molecule has 0 radical (unpaired) electrons. The van der Waals surface area contributed by atoms with Crippen molar-refractivity contribution in [2.24, 2.45) is 0 Å². The van der Waals surface area contributed by atoms with Crippen molar-refractivity contribution >= 4 is 23.5 Å². The molecule has 0 saturated heterocycles. The predicted molar refractivity (Wildman–Crippen MR) is 69.9 cm³/mol. The fourth-order valence-electron chi connectivity index (χ4n) is 1.53. The first-order valence-corrected chi connectivity index (χ1v) is 5.93. The van der Waals surface area contributed by atoms with E-state index >= 15 is 0 Å². The molecule has 2 rings (SSSR count). The number of nitrogens with zero attached hydrogens (tertiary/aromatic N) is 3. The Morgan fingerprint density at radius 1 is 1.33 bits per heavy atom. The van der Waals surface area contributed by atoms with Gasteiger partial charge in [0.2, 0.25) is 17.2 Å². The Morgan fingerprint density at radius 3 is 2.78 bits per heavy atom. The molecule has 0 saturated carbocycles. The minimum absolute atomic E-state index is 0.124. The van der Waals surface area contributed by atoms with Crippen LogP contribution in [0.1, 0.15) is 12.7 Å². The zero-order valence-electron chi connectivity index (χ0n) is 10.1. The molecule has 1 atom stereocenters. The van der Waals surface area contributed by atoms with Gasteiger partial charge in [0.1, 0.15) is 5.76 Å². The highest BCUT2D eigenvalue weighted by atomic mass is 35.5. The monoisotopic (exact) mass is 267 g/mol. The van der Waals surface area contributed by atoms with Gasteiger partial charge in [0.25, 0.3) is 0 Å². The number of halogens is 1. The fraction of sp³-hybridized carbons (Fsp3) is 0.364. The summed E-state index contributed by atoms with van der Waals surface area (Å²) in [6.07, 6.45) is 2.39. The summed E-state index contributed by atoms with van der Waals surface area (Å²) in [5.74, 6) is 1.78. The first kappa shape index (κ1) is 12.6. The van der Waals surface area contributed by atoms with E-state index in [-0.39, 0.29) is 11.3 Å². The van der Waals surface area contributed by atoms with Gasteiger partial charge in [-0.15, -0.1) is 0 Å². The Labute approximate surface area is 110 Å². The van der Waals surface area contributed by atoms with Gasteiger partial charge in [-0.25, -0.2) is 0 Å². The molecule has 0 spiro atoms. The highest BCUT2D eigenvalue weighted by Gasteiger charge is 2.09. The summed E-state index contributed by atoms with van der Waals surface area (Å²) in [4.78, 5) is 12.1. The summed E-state index contributed by atoms with van der Waals surface area (Å²) in [6.45, 7) is 2.01. The van der Waals surface area contributed by atoms with Gasteiger partial charge in [0.05, 0.1) is 6.26 Å². The van der Waals surface area contributed by atoms with Crippen LogP contribution in [0.5, 0.6) is 0 Å². The molecule has 0 aromatic carbocycles. The standard InChI is InChI=1S/C11H14ClN5O/c1-7(6-8-4-3-5-18-8)14-11-16-9(12)15-10(13-2)17-11/h3-5,7H,6H2,1-2H3,(H2,13,14,15,16,17). The van der Waals surface area contributed by atoms with Crippen molar-refractivity contribution in [1.82, 2.24) is 15.0 Å². The zero-order chi connectivity index (χ0) is 13.0. The lowest BCUT2D eigenvalue weighted by Gasteiger charge is -2.12. The molecule has 0 aliphatic carbocycles. The highest BCUT2D eigenvalue weighted by molar-refractivity contribution is 6.28. The largest absolute Gasteiger partial charge is 0.469 e. The molecule has 0 amide bonds. The lowest BCUT2D eigenvalue weighted by Crippen LogP contribution is -2.20. The van der Waals surface area contributed by atoms with Crippen LogP contribution in [0.3, 0.4) is 0 Å². The van der Waals surface area contributed by atoms with E-state index in [1.807, 2.05) is 19.1 Å². The fourth-order valence-corrected chi connectivity index (χ4v) is 1.69. The SMILES string of the molecule is CNc1nc(Cl)nc(NC(C)Cc2ccco2)n1. The number of aromatic nitrogens is 3. The second kappa shape index (κ2) is 5.68. The Kier molecular flexibility index (Phi) is 3.99. The summed E-state index contributed by atoms with van der Waals surface area (Å²) in [5, 5.41) is 6.13. The number of hydrogen-bond donors (Lipinski definition) is 2. The lowest BCUT2D eigenvalue weighted by molar-refractivity contribution is 0.497. The van der Waals surface area contributed by atoms with Crippen molar-refractivity contribution in [3.05, 3.63) is 29.4 Å². The van der Waals surface area contributed by atoms with Gasteiger partial charge >= 0.3 is 0 Å². The average Bonchev–Trinajstić information content (AvgIpc) is 2.80. The van der Waals surface area contributed by atoms with E-state index in [4.69, 9.17) is 16.0 Å².